The number of carbonyl (C=O) groups excluding carboxylic acids is 1. The maximum absolute atomic E-state index is 13.4. The Kier molecular flexibility index (Phi) is 7.98. The van der Waals surface area contributed by atoms with Crippen LogP contribution in [-0.2, 0) is 17.8 Å². The number of thiophene rings is 1. The average Bonchev–Trinajstić information content (AvgIpc) is 3.29. The van der Waals surface area contributed by atoms with Crippen LogP contribution in [0.1, 0.15) is 18.9 Å². The van der Waals surface area contributed by atoms with Gasteiger partial charge in [-0.2, -0.15) is 0 Å². The first-order chi connectivity index (χ1) is 16.6. The van der Waals surface area contributed by atoms with Crippen molar-refractivity contribution in [1.82, 2.24) is 14.9 Å². The van der Waals surface area contributed by atoms with Crippen LogP contribution in [0.5, 0.6) is 0 Å². The molecule has 2 aromatic heterocycles. The predicted molar refractivity (Wildman–Crippen MR) is 143 cm³/mol. The Morgan fingerprint density at radius 2 is 1.88 bits per heavy atom. The quantitative estimate of drug-likeness (QED) is 0.180. The third kappa shape index (κ3) is 5.66. The highest BCUT2D eigenvalue weighted by Crippen LogP contribution is 2.32. The minimum absolute atomic E-state index is 0.0600. The van der Waals surface area contributed by atoms with Crippen molar-refractivity contribution >= 4 is 39.2 Å². The summed E-state index contributed by atoms with van der Waals surface area (Å²) in [5.41, 5.74) is 3.03. The lowest BCUT2D eigenvalue weighted by Gasteiger charge is -2.14. The van der Waals surface area contributed by atoms with Crippen molar-refractivity contribution in [2.75, 3.05) is 5.75 Å². The van der Waals surface area contributed by atoms with Gasteiger partial charge in [0.2, 0.25) is 5.91 Å². The fourth-order valence-electron chi connectivity index (χ4n) is 3.78. The first-order valence-electron chi connectivity index (χ1n) is 11.2. The maximum atomic E-state index is 13.4. The van der Waals surface area contributed by atoms with Gasteiger partial charge in [-0.15, -0.1) is 17.9 Å². The monoisotopic (exact) mass is 489 g/mol. The van der Waals surface area contributed by atoms with Crippen LogP contribution in [0, 0.1) is 0 Å². The molecule has 1 atom stereocenters. The van der Waals surface area contributed by atoms with E-state index in [-0.39, 0.29) is 23.3 Å². The van der Waals surface area contributed by atoms with Crippen molar-refractivity contribution in [2.24, 2.45) is 0 Å². The zero-order valence-corrected chi connectivity index (χ0v) is 20.7. The lowest BCUT2D eigenvalue weighted by Crippen LogP contribution is -2.34. The molecule has 4 aromatic rings. The molecule has 2 aromatic carbocycles. The normalized spacial score (nSPS) is 11.9. The number of hydrogen-bond acceptors (Lipinski definition) is 5. The summed E-state index contributed by atoms with van der Waals surface area (Å²) in [6.07, 6.45) is 3.46. The molecule has 0 unspecified atom stereocenters. The highest BCUT2D eigenvalue weighted by atomic mass is 32.2. The molecule has 7 heteroatoms. The molecule has 0 radical (unpaired) electrons. The lowest BCUT2D eigenvalue weighted by atomic mass is 10.1. The fourth-order valence-corrected chi connectivity index (χ4v) is 5.59. The van der Waals surface area contributed by atoms with Crippen LogP contribution in [0.3, 0.4) is 0 Å². The number of nitrogens with one attached hydrogen (secondary N) is 1. The molecule has 0 saturated carbocycles. The largest absolute Gasteiger partial charge is 0.353 e. The van der Waals surface area contributed by atoms with Crippen LogP contribution in [-0.4, -0.2) is 27.3 Å². The highest BCUT2D eigenvalue weighted by molar-refractivity contribution is 7.99. The lowest BCUT2D eigenvalue weighted by molar-refractivity contribution is -0.119. The van der Waals surface area contributed by atoms with Gasteiger partial charge in [-0.25, -0.2) is 4.98 Å². The smallest absolute Gasteiger partial charge is 0.263 e. The highest BCUT2D eigenvalue weighted by Gasteiger charge is 2.18. The summed E-state index contributed by atoms with van der Waals surface area (Å²) in [6, 6.07) is 20.2. The molecule has 2 heterocycles. The number of carbonyl (C=O) groups is 1. The summed E-state index contributed by atoms with van der Waals surface area (Å²) in [5, 5.41) is 6.18. The zero-order valence-electron chi connectivity index (χ0n) is 19.1. The van der Waals surface area contributed by atoms with Gasteiger partial charge in [-0.1, -0.05) is 78.5 Å². The summed E-state index contributed by atoms with van der Waals surface area (Å²) in [4.78, 5) is 31.4. The number of hydrogen-bond donors (Lipinski definition) is 1. The van der Waals surface area contributed by atoms with Gasteiger partial charge >= 0.3 is 0 Å². The molecule has 0 aliphatic rings. The van der Waals surface area contributed by atoms with E-state index < -0.39 is 0 Å². The van der Waals surface area contributed by atoms with E-state index in [9.17, 15) is 9.59 Å². The van der Waals surface area contributed by atoms with Crippen molar-refractivity contribution in [2.45, 2.75) is 37.5 Å². The van der Waals surface area contributed by atoms with E-state index in [0.29, 0.717) is 21.9 Å². The van der Waals surface area contributed by atoms with Gasteiger partial charge in [0, 0.05) is 23.5 Å². The van der Waals surface area contributed by atoms with Crippen LogP contribution >= 0.6 is 23.1 Å². The van der Waals surface area contributed by atoms with Gasteiger partial charge in [0.1, 0.15) is 4.83 Å². The van der Waals surface area contributed by atoms with Crippen molar-refractivity contribution in [3.8, 4) is 11.1 Å². The number of benzene rings is 2. The van der Waals surface area contributed by atoms with E-state index in [1.54, 1.807) is 10.6 Å². The van der Waals surface area contributed by atoms with E-state index in [1.165, 1.54) is 28.7 Å². The van der Waals surface area contributed by atoms with Gasteiger partial charge in [-0.3, -0.25) is 14.2 Å². The number of thioether (sulfide) groups is 1. The zero-order chi connectivity index (χ0) is 23.9. The molecular formula is C27H27N3O2S2. The number of nitrogens with zero attached hydrogens (tertiary/aromatic N) is 2. The molecule has 174 valence electrons. The first kappa shape index (κ1) is 24.0. The van der Waals surface area contributed by atoms with Gasteiger partial charge in [0.25, 0.3) is 5.56 Å². The molecule has 0 bridgehead atoms. The number of rotatable bonds is 10. The summed E-state index contributed by atoms with van der Waals surface area (Å²) in [5.74, 6) is 0.128. The second-order valence-electron chi connectivity index (χ2n) is 8.08. The van der Waals surface area contributed by atoms with Crippen molar-refractivity contribution in [1.29, 1.82) is 0 Å². The van der Waals surface area contributed by atoms with E-state index in [2.05, 4.69) is 24.0 Å². The summed E-state index contributed by atoms with van der Waals surface area (Å²) in [6.45, 7) is 6.14. The molecule has 1 N–H and O–H groups in total. The van der Waals surface area contributed by atoms with Gasteiger partial charge in [0.15, 0.2) is 5.16 Å². The third-order valence-electron chi connectivity index (χ3n) is 5.50. The van der Waals surface area contributed by atoms with E-state index in [0.717, 1.165) is 24.0 Å². The molecule has 0 saturated heterocycles. The topological polar surface area (TPSA) is 64.0 Å². The minimum Gasteiger partial charge on any atom is -0.353 e. The summed E-state index contributed by atoms with van der Waals surface area (Å²) >= 11 is 2.73. The standard InChI is InChI=1S/C27H27N3O2S2/c1-3-16-30-26(32)24-22(21-12-8-5-9-13-21)17-33-25(24)29-27(30)34-18-23(31)28-19(2)14-15-20-10-6-4-7-11-20/h3-13,17,19H,1,14-16,18H2,2H3,(H,28,31)/t19-/m1/s1. The van der Waals surface area contributed by atoms with Crippen molar-refractivity contribution < 1.29 is 4.79 Å². The second kappa shape index (κ2) is 11.3. The number of aryl methyl sites for hydroxylation is 1. The van der Waals surface area contributed by atoms with Gasteiger partial charge in [-0.05, 0) is 30.9 Å². The molecule has 0 aliphatic heterocycles. The molecule has 5 nitrogen and oxygen atoms in total. The number of amides is 1. The molecule has 34 heavy (non-hydrogen) atoms. The van der Waals surface area contributed by atoms with Crippen LogP contribution in [0.4, 0.5) is 0 Å². The molecular weight excluding hydrogens is 462 g/mol. The van der Waals surface area contributed by atoms with E-state index >= 15 is 0 Å². The van der Waals surface area contributed by atoms with Crippen LogP contribution < -0.4 is 10.9 Å². The Morgan fingerprint density at radius 1 is 1.18 bits per heavy atom. The second-order valence-corrected chi connectivity index (χ2v) is 9.88. The molecule has 0 aliphatic carbocycles. The van der Waals surface area contributed by atoms with E-state index in [4.69, 9.17) is 4.98 Å². The Balaban J connectivity index is 1.47. The average molecular weight is 490 g/mol. The Bertz CT molecular complexity index is 1330. The van der Waals surface area contributed by atoms with Crippen molar-refractivity contribution in [3.05, 3.63) is 94.6 Å². The summed E-state index contributed by atoms with van der Waals surface area (Å²) < 4.78 is 1.60. The van der Waals surface area contributed by atoms with Crippen LogP contribution in [0.15, 0.2) is 88.6 Å². The minimum atomic E-state index is -0.107. The first-order valence-corrected chi connectivity index (χ1v) is 13.1. The Labute approximate surface area is 207 Å². The molecule has 1 amide bonds. The van der Waals surface area contributed by atoms with Gasteiger partial charge in [0.05, 0.1) is 11.1 Å². The maximum Gasteiger partial charge on any atom is 0.263 e. The fraction of sp³-hybridized carbons (Fsp3) is 0.222. The Hall–Kier alpha value is -3.16. The van der Waals surface area contributed by atoms with E-state index in [1.807, 2.05) is 60.8 Å². The SMILES string of the molecule is C=CCn1c(SCC(=O)N[C@H](C)CCc2ccccc2)nc2scc(-c3ccccc3)c2c1=O. The summed E-state index contributed by atoms with van der Waals surface area (Å²) in [7, 11) is 0. The number of fused-ring (bicyclic) bond motifs is 1. The molecule has 0 spiro atoms. The van der Waals surface area contributed by atoms with Crippen molar-refractivity contribution in [3.63, 3.8) is 0 Å². The van der Waals surface area contributed by atoms with Crippen LogP contribution in [0.2, 0.25) is 0 Å². The third-order valence-corrected chi connectivity index (χ3v) is 7.35. The molecule has 0 fully saturated rings. The Morgan fingerprint density at radius 3 is 2.59 bits per heavy atom. The predicted octanol–water partition coefficient (Wildman–Crippen LogP) is 5.54. The van der Waals surface area contributed by atoms with Gasteiger partial charge < -0.3 is 5.32 Å². The number of allylic oxidation sites excluding steroid dienone is 1. The molecule has 4 rings (SSSR count). The van der Waals surface area contributed by atoms with Crippen LogP contribution in [0.25, 0.3) is 21.3 Å². The number of aromatic nitrogens is 2.